The van der Waals surface area contributed by atoms with Crippen molar-refractivity contribution in [2.45, 2.75) is 84.8 Å². The lowest BCUT2D eigenvalue weighted by Crippen LogP contribution is -2.55. The van der Waals surface area contributed by atoms with E-state index in [1.54, 1.807) is 6.08 Å². The second-order valence-corrected chi connectivity index (χ2v) is 9.91. The van der Waals surface area contributed by atoms with E-state index in [1.807, 2.05) is 0 Å². The van der Waals surface area contributed by atoms with Gasteiger partial charge in [0, 0.05) is 25.7 Å². The van der Waals surface area contributed by atoms with E-state index in [2.05, 4.69) is 13.8 Å². The molecule has 28 heavy (non-hydrogen) atoms. The minimum Gasteiger partial charge on any atom is -0.462 e. The smallest absolute Gasteiger partial charge is 0.303 e. The molecule has 0 aromatic carbocycles. The summed E-state index contributed by atoms with van der Waals surface area (Å²) in [5, 5.41) is 0. The van der Waals surface area contributed by atoms with Crippen molar-refractivity contribution in [1.29, 1.82) is 0 Å². The van der Waals surface area contributed by atoms with Gasteiger partial charge in [-0.25, -0.2) is 0 Å². The Kier molecular flexibility index (Phi) is 4.71. The van der Waals surface area contributed by atoms with Crippen LogP contribution in [0.3, 0.4) is 0 Å². The summed E-state index contributed by atoms with van der Waals surface area (Å²) in [6.45, 7) is 7.51. The third-order valence-electron chi connectivity index (χ3n) is 8.48. The van der Waals surface area contributed by atoms with Gasteiger partial charge in [0.1, 0.15) is 12.2 Å². The standard InChI is InChI=1S/C23H32O5/c1-13(24)27-20-12-16-17-5-6-21(28-14(2)25)23(17,4)10-8-18(16)22(3)9-7-15(26)11-19(20)22/h11,16-18,20-21H,5-10,12H2,1-4H3. The van der Waals surface area contributed by atoms with Crippen molar-refractivity contribution >= 4 is 17.7 Å². The predicted molar refractivity (Wildman–Crippen MR) is 103 cm³/mol. The molecule has 5 heteroatoms. The highest BCUT2D eigenvalue weighted by molar-refractivity contribution is 5.92. The molecule has 0 bridgehead atoms. The van der Waals surface area contributed by atoms with Crippen LogP contribution in [0.15, 0.2) is 11.6 Å². The summed E-state index contributed by atoms with van der Waals surface area (Å²) in [4.78, 5) is 35.6. The molecule has 154 valence electrons. The van der Waals surface area contributed by atoms with E-state index in [0.717, 1.165) is 44.1 Å². The van der Waals surface area contributed by atoms with Gasteiger partial charge < -0.3 is 9.47 Å². The molecule has 4 aliphatic carbocycles. The Balaban J connectivity index is 1.69. The number of ether oxygens (including phenoxy) is 2. The maximum absolute atomic E-state index is 12.2. The Morgan fingerprint density at radius 1 is 1.00 bits per heavy atom. The average Bonchev–Trinajstić information content (AvgIpc) is 2.92. The van der Waals surface area contributed by atoms with Crippen LogP contribution in [0.1, 0.15) is 72.6 Å². The number of carbonyl (C=O) groups is 3. The topological polar surface area (TPSA) is 69.7 Å². The molecule has 4 aliphatic rings. The molecule has 0 amide bonds. The van der Waals surface area contributed by atoms with Gasteiger partial charge >= 0.3 is 11.9 Å². The van der Waals surface area contributed by atoms with Crippen LogP contribution in [0.2, 0.25) is 0 Å². The number of rotatable bonds is 2. The molecule has 0 spiro atoms. The van der Waals surface area contributed by atoms with Crippen molar-refractivity contribution in [2.75, 3.05) is 0 Å². The van der Waals surface area contributed by atoms with Crippen LogP contribution in [0, 0.1) is 28.6 Å². The first kappa shape index (κ1) is 19.7. The van der Waals surface area contributed by atoms with Crippen molar-refractivity contribution in [1.82, 2.24) is 0 Å². The van der Waals surface area contributed by atoms with Crippen molar-refractivity contribution < 1.29 is 23.9 Å². The lowest BCUT2D eigenvalue weighted by atomic mass is 9.47. The largest absolute Gasteiger partial charge is 0.462 e. The molecule has 0 aromatic heterocycles. The Morgan fingerprint density at radius 2 is 1.71 bits per heavy atom. The van der Waals surface area contributed by atoms with Crippen LogP contribution in [0.4, 0.5) is 0 Å². The monoisotopic (exact) mass is 388 g/mol. The minimum atomic E-state index is -0.303. The van der Waals surface area contributed by atoms with Gasteiger partial charge in [0.05, 0.1) is 0 Å². The molecule has 4 rings (SSSR count). The Bertz CT molecular complexity index is 739. The van der Waals surface area contributed by atoms with Crippen molar-refractivity contribution in [3.63, 3.8) is 0 Å². The molecule has 7 atom stereocenters. The zero-order valence-electron chi connectivity index (χ0n) is 17.5. The summed E-state index contributed by atoms with van der Waals surface area (Å²) in [5.74, 6) is 1.06. The highest BCUT2D eigenvalue weighted by atomic mass is 16.5. The van der Waals surface area contributed by atoms with Gasteiger partial charge in [-0.15, -0.1) is 0 Å². The average molecular weight is 389 g/mol. The molecule has 0 aliphatic heterocycles. The molecule has 3 saturated carbocycles. The van der Waals surface area contributed by atoms with E-state index in [-0.39, 0.29) is 40.8 Å². The van der Waals surface area contributed by atoms with Crippen molar-refractivity contribution in [3.8, 4) is 0 Å². The second-order valence-electron chi connectivity index (χ2n) is 9.91. The number of fused-ring (bicyclic) bond motifs is 5. The summed E-state index contributed by atoms with van der Waals surface area (Å²) >= 11 is 0. The van der Waals surface area contributed by atoms with Gasteiger partial charge in [0.15, 0.2) is 5.78 Å². The van der Waals surface area contributed by atoms with E-state index in [1.165, 1.54) is 13.8 Å². The Morgan fingerprint density at radius 3 is 2.39 bits per heavy atom. The van der Waals surface area contributed by atoms with Gasteiger partial charge in [0.2, 0.25) is 0 Å². The van der Waals surface area contributed by atoms with Gasteiger partial charge in [-0.1, -0.05) is 13.8 Å². The summed E-state index contributed by atoms with van der Waals surface area (Å²) < 4.78 is 11.5. The normalized spacial score (nSPS) is 44.6. The van der Waals surface area contributed by atoms with Crippen LogP contribution in [0.5, 0.6) is 0 Å². The van der Waals surface area contributed by atoms with Crippen LogP contribution in [-0.4, -0.2) is 29.9 Å². The molecule has 3 fully saturated rings. The fraction of sp³-hybridized carbons (Fsp3) is 0.783. The zero-order valence-corrected chi connectivity index (χ0v) is 17.5. The fourth-order valence-electron chi connectivity index (χ4n) is 7.24. The molecular weight excluding hydrogens is 356 g/mol. The zero-order chi connectivity index (χ0) is 20.3. The highest BCUT2D eigenvalue weighted by Crippen LogP contribution is 2.65. The molecular formula is C23H32O5. The van der Waals surface area contributed by atoms with Gasteiger partial charge in [-0.3, -0.25) is 14.4 Å². The molecule has 0 saturated heterocycles. The van der Waals surface area contributed by atoms with Gasteiger partial charge in [-0.2, -0.15) is 0 Å². The van der Waals surface area contributed by atoms with E-state index in [0.29, 0.717) is 24.2 Å². The maximum atomic E-state index is 12.2. The number of carbonyl (C=O) groups excluding carboxylic acids is 3. The lowest BCUT2D eigenvalue weighted by molar-refractivity contribution is -0.163. The summed E-state index contributed by atoms with van der Waals surface area (Å²) in [7, 11) is 0. The quantitative estimate of drug-likeness (QED) is 0.669. The maximum Gasteiger partial charge on any atom is 0.303 e. The molecule has 7 unspecified atom stereocenters. The number of hydrogen-bond donors (Lipinski definition) is 0. The first-order chi connectivity index (χ1) is 13.1. The lowest BCUT2D eigenvalue weighted by Gasteiger charge is -2.59. The Hall–Kier alpha value is -1.65. The molecule has 5 nitrogen and oxygen atoms in total. The fourth-order valence-corrected chi connectivity index (χ4v) is 7.24. The number of hydrogen-bond acceptors (Lipinski definition) is 5. The third kappa shape index (κ3) is 2.93. The summed E-state index contributed by atoms with van der Waals surface area (Å²) in [5.41, 5.74) is 0.950. The van der Waals surface area contributed by atoms with Crippen molar-refractivity contribution in [3.05, 3.63) is 11.6 Å². The van der Waals surface area contributed by atoms with Crippen LogP contribution in [0.25, 0.3) is 0 Å². The first-order valence-corrected chi connectivity index (χ1v) is 10.7. The SMILES string of the molecule is CC(=O)OC1CC2C(CCC3(C)C(OC(C)=O)CCC23)C2(C)CCC(=O)C=C12. The number of ketones is 1. The van der Waals surface area contributed by atoms with E-state index in [9.17, 15) is 14.4 Å². The molecule has 0 N–H and O–H groups in total. The molecule has 0 heterocycles. The highest BCUT2D eigenvalue weighted by Gasteiger charge is 2.61. The minimum absolute atomic E-state index is 0.00429. The summed E-state index contributed by atoms with van der Waals surface area (Å²) in [6, 6.07) is 0. The number of esters is 2. The molecule has 0 radical (unpaired) electrons. The van der Waals surface area contributed by atoms with Crippen LogP contribution >= 0.6 is 0 Å². The summed E-state index contributed by atoms with van der Waals surface area (Å²) in [6.07, 6.45) is 7.75. The third-order valence-corrected chi connectivity index (χ3v) is 8.48. The van der Waals surface area contributed by atoms with E-state index in [4.69, 9.17) is 9.47 Å². The van der Waals surface area contributed by atoms with E-state index >= 15 is 0 Å². The van der Waals surface area contributed by atoms with E-state index < -0.39 is 0 Å². The predicted octanol–water partition coefficient (Wildman–Crippen LogP) is 3.99. The van der Waals surface area contributed by atoms with Crippen LogP contribution in [-0.2, 0) is 23.9 Å². The second kappa shape index (κ2) is 6.70. The van der Waals surface area contributed by atoms with Gasteiger partial charge in [-0.05, 0) is 73.3 Å². The first-order valence-electron chi connectivity index (χ1n) is 10.7. The van der Waals surface area contributed by atoms with Gasteiger partial charge in [0.25, 0.3) is 0 Å². The van der Waals surface area contributed by atoms with Crippen LogP contribution < -0.4 is 0 Å². The van der Waals surface area contributed by atoms with Crippen molar-refractivity contribution in [2.24, 2.45) is 28.6 Å². The molecule has 0 aromatic rings. The Labute approximate surface area is 167 Å².